The van der Waals surface area contributed by atoms with Gasteiger partial charge in [0.15, 0.2) is 0 Å². The molecule has 0 bridgehead atoms. The molecule has 37 heavy (non-hydrogen) atoms. The van der Waals surface area contributed by atoms with Gasteiger partial charge in [-0.3, -0.25) is 9.69 Å². The summed E-state index contributed by atoms with van der Waals surface area (Å²) in [5, 5.41) is 17.2. The van der Waals surface area contributed by atoms with Crippen LogP contribution in [0.25, 0.3) is 0 Å². The van der Waals surface area contributed by atoms with Crippen molar-refractivity contribution in [2.45, 2.75) is 0 Å². The Kier molecular flexibility index (Phi) is 10.4. The van der Waals surface area contributed by atoms with Crippen molar-refractivity contribution < 1.29 is 19.4 Å². The zero-order valence-electron chi connectivity index (χ0n) is 20.5. The van der Waals surface area contributed by atoms with Crippen LogP contribution in [0.5, 0.6) is 17.2 Å². The fourth-order valence-corrected chi connectivity index (χ4v) is 4.04. The zero-order valence-corrected chi connectivity index (χ0v) is 22.0. The molecular formula is C27H30Cl2N4O4. The molecule has 0 spiro atoms. The Balaban J connectivity index is 0.000000289. The van der Waals surface area contributed by atoms with Gasteiger partial charge in [0.05, 0.1) is 12.1 Å². The van der Waals surface area contributed by atoms with E-state index in [1.807, 2.05) is 30.3 Å². The van der Waals surface area contributed by atoms with Gasteiger partial charge < -0.3 is 30.6 Å². The molecule has 8 nitrogen and oxygen atoms in total. The predicted molar refractivity (Wildman–Crippen MR) is 148 cm³/mol. The van der Waals surface area contributed by atoms with Crippen LogP contribution in [0.3, 0.4) is 0 Å². The van der Waals surface area contributed by atoms with Crippen LogP contribution in [-0.2, 0) is 0 Å². The number of halogens is 2. The van der Waals surface area contributed by atoms with Crippen LogP contribution < -0.4 is 20.1 Å². The summed E-state index contributed by atoms with van der Waals surface area (Å²) in [5.74, 6) is 0.810. The molecule has 1 fully saturated rings. The van der Waals surface area contributed by atoms with Crippen molar-refractivity contribution >= 4 is 41.0 Å². The number of nitrogens with two attached hydrogens (primary N) is 1. The van der Waals surface area contributed by atoms with Crippen molar-refractivity contribution in [1.82, 2.24) is 4.90 Å². The van der Waals surface area contributed by atoms with E-state index < -0.39 is 5.91 Å². The Morgan fingerprint density at radius 1 is 1.05 bits per heavy atom. The van der Waals surface area contributed by atoms with Gasteiger partial charge in [-0.25, -0.2) is 0 Å². The fourth-order valence-electron chi connectivity index (χ4n) is 3.73. The number of primary amides is 1. The van der Waals surface area contributed by atoms with E-state index in [-0.39, 0.29) is 16.3 Å². The quantitative estimate of drug-likeness (QED) is 0.354. The molecule has 3 aromatic rings. The van der Waals surface area contributed by atoms with Gasteiger partial charge in [-0.15, -0.1) is 0 Å². The standard InChI is InChI=1S/C20H24ClN3O2.C7H6ClNO2/c1-25-20-14-19(7-2-16(20)15-22)26-13-12-23-8-10-24(11-9-23)18-5-3-17(21)4-6-18;8-5-3-4(7(9)11)1-2-6(5)10/h2-7,14-15,22H,8-13H2,1H3;1-3,10H,(H2,9,11). The van der Waals surface area contributed by atoms with E-state index in [2.05, 4.69) is 21.9 Å². The maximum absolute atomic E-state index is 10.5. The predicted octanol–water partition coefficient (Wildman–Crippen LogP) is 4.69. The fraction of sp³-hybridized carbons (Fsp3) is 0.259. The number of hydrogen-bond donors (Lipinski definition) is 3. The van der Waals surface area contributed by atoms with E-state index in [1.54, 1.807) is 7.11 Å². The number of phenols is 1. The van der Waals surface area contributed by atoms with Gasteiger partial charge in [-0.05, 0) is 54.6 Å². The highest BCUT2D eigenvalue weighted by Gasteiger charge is 2.17. The van der Waals surface area contributed by atoms with Gasteiger partial charge >= 0.3 is 0 Å². The second-order valence-electron chi connectivity index (χ2n) is 8.23. The van der Waals surface area contributed by atoms with Crippen molar-refractivity contribution in [2.24, 2.45) is 5.73 Å². The highest BCUT2D eigenvalue weighted by Crippen LogP contribution is 2.24. The summed E-state index contributed by atoms with van der Waals surface area (Å²) < 4.78 is 11.1. The summed E-state index contributed by atoms with van der Waals surface area (Å²) in [6.45, 7) is 5.56. The normalized spacial score (nSPS) is 13.3. The minimum absolute atomic E-state index is 0.0586. The summed E-state index contributed by atoms with van der Waals surface area (Å²) >= 11 is 11.5. The maximum Gasteiger partial charge on any atom is 0.248 e. The van der Waals surface area contributed by atoms with Crippen LogP contribution in [0.1, 0.15) is 15.9 Å². The second-order valence-corrected chi connectivity index (χ2v) is 9.08. The first-order valence-corrected chi connectivity index (χ1v) is 12.4. The Labute approximate surface area is 226 Å². The van der Waals surface area contributed by atoms with Gasteiger partial charge in [-0.2, -0.15) is 0 Å². The van der Waals surface area contributed by atoms with E-state index in [1.165, 1.54) is 30.1 Å². The largest absolute Gasteiger partial charge is 0.506 e. The zero-order chi connectivity index (χ0) is 26.8. The van der Waals surface area contributed by atoms with Crippen LogP contribution in [0.4, 0.5) is 5.69 Å². The summed E-state index contributed by atoms with van der Waals surface area (Å²) in [6.07, 6.45) is 1.28. The van der Waals surface area contributed by atoms with Gasteiger partial charge in [0.25, 0.3) is 0 Å². The van der Waals surface area contributed by atoms with E-state index >= 15 is 0 Å². The molecule has 1 aliphatic heterocycles. The van der Waals surface area contributed by atoms with Crippen LogP contribution in [0.2, 0.25) is 10.0 Å². The number of methoxy groups -OCH3 is 1. The first-order chi connectivity index (χ1) is 17.8. The number of rotatable bonds is 8. The van der Waals surface area contributed by atoms with E-state index in [0.29, 0.717) is 12.4 Å². The Morgan fingerprint density at radius 2 is 1.76 bits per heavy atom. The van der Waals surface area contributed by atoms with Crippen molar-refractivity contribution in [2.75, 3.05) is 51.3 Å². The molecule has 0 aromatic heterocycles. The van der Waals surface area contributed by atoms with Gasteiger partial charge in [-0.1, -0.05) is 23.2 Å². The molecule has 4 rings (SSSR count). The smallest absolute Gasteiger partial charge is 0.248 e. The van der Waals surface area contributed by atoms with Gasteiger partial charge in [0.1, 0.15) is 23.9 Å². The Hall–Kier alpha value is -3.46. The lowest BCUT2D eigenvalue weighted by Gasteiger charge is -2.36. The molecule has 196 valence electrons. The molecule has 1 aliphatic rings. The van der Waals surface area contributed by atoms with E-state index in [9.17, 15) is 4.79 Å². The number of amides is 1. The summed E-state index contributed by atoms with van der Waals surface area (Å²) in [7, 11) is 1.60. The number of phenolic OH excluding ortho intramolecular Hbond substituents is 1. The minimum atomic E-state index is -0.563. The lowest BCUT2D eigenvalue weighted by atomic mass is 10.2. The molecule has 3 aromatic carbocycles. The summed E-state index contributed by atoms with van der Waals surface area (Å²) in [5.41, 5.74) is 7.21. The third-order valence-electron chi connectivity index (χ3n) is 5.83. The van der Waals surface area contributed by atoms with Gasteiger partial charge in [0.2, 0.25) is 5.91 Å². The molecule has 1 amide bonds. The van der Waals surface area contributed by atoms with Crippen LogP contribution in [0, 0.1) is 5.41 Å². The average Bonchev–Trinajstić information content (AvgIpc) is 2.91. The summed E-state index contributed by atoms with van der Waals surface area (Å²) in [6, 6.07) is 17.6. The molecule has 1 heterocycles. The molecule has 10 heteroatoms. The SMILES string of the molecule is COc1cc(OCCN2CCN(c3ccc(Cl)cc3)CC2)ccc1C=N.NC(=O)c1ccc(O)c(Cl)c1. The maximum atomic E-state index is 10.5. The molecule has 0 saturated carbocycles. The number of carbonyl (C=O) groups excluding carboxylic acids is 1. The highest BCUT2D eigenvalue weighted by molar-refractivity contribution is 6.32. The number of hydrogen-bond acceptors (Lipinski definition) is 7. The first-order valence-electron chi connectivity index (χ1n) is 11.6. The number of anilines is 1. The molecule has 0 atom stereocenters. The van der Waals surface area contributed by atoms with Crippen molar-refractivity contribution in [3.63, 3.8) is 0 Å². The number of carbonyl (C=O) groups is 1. The van der Waals surface area contributed by atoms with Crippen molar-refractivity contribution in [1.29, 1.82) is 5.41 Å². The molecule has 0 radical (unpaired) electrons. The lowest BCUT2D eigenvalue weighted by molar-refractivity contribution is 0.100. The number of nitrogens with one attached hydrogen (secondary N) is 1. The number of benzene rings is 3. The first kappa shape index (κ1) is 28.1. The molecule has 0 aliphatic carbocycles. The highest BCUT2D eigenvalue weighted by atomic mass is 35.5. The molecule has 1 saturated heterocycles. The third-order valence-corrected chi connectivity index (χ3v) is 6.39. The number of aromatic hydroxyl groups is 1. The Morgan fingerprint density at radius 3 is 2.35 bits per heavy atom. The van der Waals surface area contributed by atoms with E-state index in [0.717, 1.165) is 49.1 Å². The monoisotopic (exact) mass is 544 g/mol. The Bertz CT molecular complexity index is 1200. The number of ether oxygens (including phenoxy) is 2. The molecule has 0 unspecified atom stereocenters. The molecule has 4 N–H and O–H groups in total. The van der Waals surface area contributed by atoms with Crippen LogP contribution in [0.15, 0.2) is 60.7 Å². The topological polar surface area (TPSA) is 112 Å². The third kappa shape index (κ3) is 8.28. The number of piperazine rings is 1. The van der Waals surface area contributed by atoms with Crippen LogP contribution >= 0.6 is 23.2 Å². The van der Waals surface area contributed by atoms with Crippen molar-refractivity contribution in [3.8, 4) is 17.2 Å². The molecular weight excluding hydrogens is 515 g/mol. The number of nitrogens with zero attached hydrogens (tertiary/aromatic N) is 2. The summed E-state index contributed by atoms with van der Waals surface area (Å²) in [4.78, 5) is 15.3. The van der Waals surface area contributed by atoms with Crippen LogP contribution in [-0.4, -0.2) is 68.6 Å². The van der Waals surface area contributed by atoms with Gasteiger partial charge in [0, 0.05) is 66.8 Å². The van der Waals surface area contributed by atoms with Crippen molar-refractivity contribution in [3.05, 3.63) is 81.8 Å². The second kappa shape index (κ2) is 13.7. The average molecular weight is 545 g/mol. The minimum Gasteiger partial charge on any atom is -0.506 e. The van der Waals surface area contributed by atoms with E-state index in [4.69, 9.17) is 48.9 Å². The lowest BCUT2D eigenvalue weighted by Crippen LogP contribution is -2.47.